The molecule has 3 aromatic rings. The van der Waals surface area contributed by atoms with Gasteiger partial charge in [-0.2, -0.15) is 0 Å². The minimum atomic E-state index is -0.140. The second-order valence-electron chi connectivity index (χ2n) is 8.18. The van der Waals surface area contributed by atoms with Crippen molar-refractivity contribution in [1.82, 2.24) is 15.3 Å². The summed E-state index contributed by atoms with van der Waals surface area (Å²) in [7, 11) is 0. The highest BCUT2D eigenvalue weighted by molar-refractivity contribution is 6.31. The fraction of sp³-hybridized carbons (Fsp3) is 0.154. The molecule has 2 aliphatic rings. The molecule has 3 heterocycles. The number of fused-ring (bicyclic) bond motifs is 2. The Bertz CT molecular complexity index is 1360. The van der Waals surface area contributed by atoms with E-state index in [1.165, 1.54) is 0 Å². The molecule has 0 fully saturated rings. The highest BCUT2D eigenvalue weighted by Gasteiger charge is 2.24. The number of nitrogens with one attached hydrogen (secondary N) is 1. The molecule has 5 rings (SSSR count). The van der Waals surface area contributed by atoms with Crippen LogP contribution in [0.25, 0.3) is 10.9 Å². The summed E-state index contributed by atoms with van der Waals surface area (Å²) in [5.74, 6) is 0.751. The van der Waals surface area contributed by atoms with Crippen LogP contribution in [0.5, 0.6) is 0 Å². The zero-order valence-corrected chi connectivity index (χ0v) is 18.5. The number of nitrogens with zero attached hydrogens (tertiary/aromatic N) is 3. The van der Waals surface area contributed by atoms with Crippen LogP contribution in [-0.2, 0) is 6.42 Å². The van der Waals surface area contributed by atoms with E-state index in [9.17, 15) is 4.79 Å². The first-order valence-corrected chi connectivity index (χ1v) is 11.1. The summed E-state index contributed by atoms with van der Waals surface area (Å²) in [5.41, 5.74) is 10.3. The molecule has 2 unspecified atom stereocenters. The van der Waals surface area contributed by atoms with Gasteiger partial charge < -0.3 is 11.1 Å². The number of carbonyl (C=O) groups is 1. The van der Waals surface area contributed by atoms with Gasteiger partial charge in [-0.3, -0.25) is 14.8 Å². The van der Waals surface area contributed by atoms with Crippen LogP contribution in [0.1, 0.15) is 21.6 Å². The zero-order chi connectivity index (χ0) is 22.8. The van der Waals surface area contributed by atoms with Crippen molar-refractivity contribution in [2.75, 3.05) is 6.54 Å². The number of nitrogens with two attached hydrogens (primary N) is 1. The fourth-order valence-electron chi connectivity index (χ4n) is 4.12. The Balaban J connectivity index is 1.25. The number of hydrogen-bond donors (Lipinski definition) is 2. The van der Waals surface area contributed by atoms with Gasteiger partial charge in [0.15, 0.2) is 0 Å². The lowest BCUT2D eigenvalue weighted by Crippen LogP contribution is -2.32. The highest BCUT2D eigenvalue weighted by atomic mass is 35.5. The van der Waals surface area contributed by atoms with Crippen LogP contribution < -0.4 is 11.1 Å². The summed E-state index contributed by atoms with van der Waals surface area (Å²) in [6, 6.07) is 11.2. The number of amidine groups is 1. The molecule has 0 saturated heterocycles. The average Bonchev–Trinajstić information content (AvgIpc) is 2.82. The Morgan fingerprint density at radius 2 is 2.03 bits per heavy atom. The summed E-state index contributed by atoms with van der Waals surface area (Å²) < 4.78 is 0. The van der Waals surface area contributed by atoms with Crippen LogP contribution in [0, 0.1) is 11.8 Å². The van der Waals surface area contributed by atoms with E-state index < -0.39 is 0 Å². The maximum Gasteiger partial charge on any atom is 0.251 e. The summed E-state index contributed by atoms with van der Waals surface area (Å²) in [5, 5.41) is 4.65. The first-order chi connectivity index (χ1) is 16.0. The Hall–Kier alpha value is -3.77. The summed E-state index contributed by atoms with van der Waals surface area (Å²) in [4.78, 5) is 25.8. The maximum absolute atomic E-state index is 12.8. The molecule has 6 nitrogen and oxygen atoms in total. The van der Waals surface area contributed by atoms with Crippen molar-refractivity contribution >= 4 is 34.2 Å². The standard InChI is InChI=1S/C26H22ClN5O/c27-21-2-4-24-20(12-21)10-17(15-31-24)11-22-13-19(6-7-29-22)26(33)32-14-16-1-3-23-18(9-16)5-8-30-25(23)28/h1-10,12-13,15,18,23H,11,14H2,(H2,28,30)(H,32,33). The number of aliphatic imine (C=N–C) groups is 1. The summed E-state index contributed by atoms with van der Waals surface area (Å²) in [6.07, 6.45) is 14.0. The quantitative estimate of drug-likeness (QED) is 0.602. The van der Waals surface area contributed by atoms with Gasteiger partial charge in [-0.25, -0.2) is 4.99 Å². The molecule has 1 aromatic carbocycles. The van der Waals surface area contributed by atoms with E-state index >= 15 is 0 Å². The number of halogens is 1. The molecule has 2 atom stereocenters. The van der Waals surface area contributed by atoms with Crippen LogP contribution in [-0.4, -0.2) is 28.3 Å². The second kappa shape index (κ2) is 9.00. The van der Waals surface area contributed by atoms with Crippen molar-refractivity contribution in [3.05, 3.63) is 107 Å². The van der Waals surface area contributed by atoms with Crippen molar-refractivity contribution in [2.45, 2.75) is 6.42 Å². The maximum atomic E-state index is 12.8. The molecule has 1 aliphatic carbocycles. The van der Waals surface area contributed by atoms with Crippen LogP contribution in [0.2, 0.25) is 5.02 Å². The van der Waals surface area contributed by atoms with Crippen LogP contribution in [0.3, 0.4) is 0 Å². The molecule has 2 aromatic heterocycles. The van der Waals surface area contributed by atoms with Gasteiger partial charge in [0.2, 0.25) is 0 Å². The van der Waals surface area contributed by atoms with Gasteiger partial charge in [0.1, 0.15) is 5.84 Å². The minimum absolute atomic E-state index is 0.0952. The number of benzene rings is 1. The molecule has 1 aliphatic heterocycles. The van der Waals surface area contributed by atoms with Gasteiger partial charge >= 0.3 is 0 Å². The Labute approximate surface area is 196 Å². The van der Waals surface area contributed by atoms with Crippen molar-refractivity contribution in [2.24, 2.45) is 22.6 Å². The normalized spacial score (nSPS) is 19.1. The molecule has 0 bridgehead atoms. The van der Waals surface area contributed by atoms with E-state index in [1.807, 2.05) is 48.7 Å². The molecule has 1 amide bonds. The number of amides is 1. The fourth-order valence-corrected chi connectivity index (χ4v) is 4.30. The summed E-state index contributed by atoms with van der Waals surface area (Å²) in [6.45, 7) is 0.441. The molecule has 7 heteroatoms. The van der Waals surface area contributed by atoms with E-state index in [1.54, 1.807) is 18.5 Å². The SMILES string of the molecule is NC1=NC=CC2C=C(CNC(=O)c3ccnc(Cc4cnc5ccc(Cl)cc5c4)c3)C=CC12. The zero-order valence-electron chi connectivity index (χ0n) is 17.8. The Morgan fingerprint density at radius 1 is 1.12 bits per heavy atom. The molecular weight excluding hydrogens is 434 g/mol. The van der Waals surface area contributed by atoms with Crippen molar-refractivity contribution in [3.63, 3.8) is 0 Å². The van der Waals surface area contributed by atoms with Crippen molar-refractivity contribution in [1.29, 1.82) is 0 Å². The number of pyridine rings is 2. The van der Waals surface area contributed by atoms with Gasteiger partial charge in [0.25, 0.3) is 5.91 Å². The van der Waals surface area contributed by atoms with Gasteiger partial charge in [-0.05, 0) is 47.5 Å². The highest BCUT2D eigenvalue weighted by Crippen LogP contribution is 2.27. The Kier molecular flexibility index (Phi) is 5.75. The van der Waals surface area contributed by atoms with E-state index in [0.717, 1.165) is 27.7 Å². The molecule has 0 spiro atoms. The van der Waals surface area contributed by atoms with E-state index in [2.05, 4.69) is 32.4 Å². The first-order valence-electron chi connectivity index (χ1n) is 10.7. The van der Waals surface area contributed by atoms with Crippen LogP contribution in [0.4, 0.5) is 0 Å². The lowest BCUT2D eigenvalue weighted by atomic mass is 9.84. The lowest BCUT2D eigenvalue weighted by Gasteiger charge is -2.25. The van der Waals surface area contributed by atoms with Crippen LogP contribution in [0.15, 0.2) is 89.9 Å². The predicted molar refractivity (Wildman–Crippen MR) is 131 cm³/mol. The molecule has 33 heavy (non-hydrogen) atoms. The molecule has 164 valence electrons. The third kappa shape index (κ3) is 4.71. The average molecular weight is 456 g/mol. The van der Waals surface area contributed by atoms with Crippen molar-refractivity contribution in [3.8, 4) is 0 Å². The second-order valence-corrected chi connectivity index (χ2v) is 8.61. The molecule has 0 saturated carbocycles. The predicted octanol–water partition coefficient (Wildman–Crippen LogP) is 4.22. The van der Waals surface area contributed by atoms with E-state index in [-0.39, 0.29) is 17.7 Å². The van der Waals surface area contributed by atoms with Gasteiger partial charge in [0, 0.05) is 65.1 Å². The molecule has 3 N–H and O–H groups in total. The van der Waals surface area contributed by atoms with Crippen molar-refractivity contribution < 1.29 is 4.79 Å². The number of rotatable bonds is 5. The monoisotopic (exact) mass is 455 g/mol. The first kappa shape index (κ1) is 21.1. The minimum Gasteiger partial charge on any atom is -0.387 e. The number of aromatic nitrogens is 2. The topological polar surface area (TPSA) is 93.3 Å². The van der Waals surface area contributed by atoms with E-state index in [4.69, 9.17) is 17.3 Å². The molecule has 0 radical (unpaired) electrons. The van der Waals surface area contributed by atoms with Gasteiger partial charge in [-0.1, -0.05) is 35.9 Å². The van der Waals surface area contributed by atoms with Gasteiger partial charge in [-0.15, -0.1) is 0 Å². The third-order valence-electron chi connectivity index (χ3n) is 5.83. The number of hydrogen-bond acceptors (Lipinski definition) is 5. The molecular formula is C26H22ClN5O. The third-order valence-corrected chi connectivity index (χ3v) is 6.06. The number of carbonyl (C=O) groups excluding carboxylic acids is 1. The number of allylic oxidation sites excluding steroid dienone is 2. The lowest BCUT2D eigenvalue weighted by molar-refractivity contribution is 0.0957. The van der Waals surface area contributed by atoms with Crippen LogP contribution >= 0.6 is 11.6 Å². The Morgan fingerprint density at radius 3 is 2.94 bits per heavy atom. The largest absolute Gasteiger partial charge is 0.387 e. The smallest absolute Gasteiger partial charge is 0.251 e. The van der Waals surface area contributed by atoms with Gasteiger partial charge in [0.05, 0.1) is 5.52 Å². The summed E-state index contributed by atoms with van der Waals surface area (Å²) >= 11 is 6.11. The van der Waals surface area contributed by atoms with E-state index in [0.29, 0.717) is 29.4 Å².